The van der Waals surface area contributed by atoms with E-state index in [0.29, 0.717) is 5.92 Å². The summed E-state index contributed by atoms with van der Waals surface area (Å²) in [5.41, 5.74) is 5.54. The lowest BCUT2D eigenvalue weighted by atomic mass is 9.80. The fourth-order valence-corrected chi connectivity index (χ4v) is 4.98. The Balaban J connectivity index is 1.42. The van der Waals surface area contributed by atoms with Gasteiger partial charge >= 0.3 is 0 Å². The van der Waals surface area contributed by atoms with Gasteiger partial charge in [-0.2, -0.15) is 0 Å². The normalized spacial score (nSPS) is 22.9. The van der Waals surface area contributed by atoms with E-state index in [4.69, 9.17) is 20.8 Å². The monoisotopic (exact) mass is 401 g/mol. The van der Waals surface area contributed by atoms with Crippen LogP contribution >= 0.6 is 11.6 Å². The first kappa shape index (κ1) is 17.1. The highest BCUT2D eigenvalue weighted by Gasteiger charge is 2.41. The number of hydrogen-bond donors (Lipinski definition) is 1. The van der Waals surface area contributed by atoms with Crippen LogP contribution in [0, 0.1) is 5.92 Å². The van der Waals surface area contributed by atoms with Crippen molar-refractivity contribution < 1.29 is 9.15 Å². The number of ether oxygens (including phenoxy) is 1. The number of benzene rings is 3. The predicted molar refractivity (Wildman–Crippen MR) is 116 cm³/mol. The largest absolute Gasteiger partial charge is 0.456 e. The Kier molecular flexibility index (Phi) is 3.93. The van der Waals surface area contributed by atoms with Gasteiger partial charge in [0.1, 0.15) is 11.3 Å². The summed E-state index contributed by atoms with van der Waals surface area (Å²) in [6, 6.07) is 25.0. The van der Waals surface area contributed by atoms with Crippen molar-refractivity contribution in [3.05, 3.63) is 88.9 Å². The van der Waals surface area contributed by atoms with E-state index in [2.05, 4.69) is 47.8 Å². The van der Waals surface area contributed by atoms with E-state index in [1.807, 2.05) is 30.3 Å². The van der Waals surface area contributed by atoms with Crippen LogP contribution in [0.5, 0.6) is 0 Å². The summed E-state index contributed by atoms with van der Waals surface area (Å²) in [5, 5.41) is 5.64. The third-order valence-electron chi connectivity index (χ3n) is 6.15. The lowest BCUT2D eigenvalue weighted by Crippen LogP contribution is -2.29. The molecule has 3 heterocycles. The van der Waals surface area contributed by atoms with E-state index in [1.165, 1.54) is 11.1 Å². The number of hydrogen-bond acceptors (Lipinski definition) is 3. The number of halogens is 1. The van der Waals surface area contributed by atoms with Gasteiger partial charge in [-0.3, -0.25) is 0 Å². The van der Waals surface area contributed by atoms with Crippen molar-refractivity contribution in [3.8, 4) is 11.3 Å². The summed E-state index contributed by atoms with van der Waals surface area (Å²) in [7, 11) is 0. The van der Waals surface area contributed by atoms with E-state index < -0.39 is 0 Å². The van der Waals surface area contributed by atoms with Crippen LogP contribution in [0.15, 0.2) is 77.2 Å². The molecule has 1 N–H and O–H groups in total. The van der Waals surface area contributed by atoms with Gasteiger partial charge in [0.15, 0.2) is 0 Å². The molecule has 0 saturated carbocycles. The van der Waals surface area contributed by atoms with Gasteiger partial charge in [0.2, 0.25) is 0 Å². The van der Waals surface area contributed by atoms with Gasteiger partial charge in [-0.15, -0.1) is 0 Å². The standard InChI is InChI=1S/C25H20ClNO2/c26-18-6-3-5-17(12-18)24-19-10-11-28-25(19)20-13-16(8-9-21(20)27-24)23-14-15-4-1-2-7-22(15)29-23/h1-9,12-14,19,24-25,27H,10-11H2. The van der Waals surface area contributed by atoms with Crippen LogP contribution in [0.1, 0.15) is 29.7 Å². The lowest BCUT2D eigenvalue weighted by Gasteiger charge is -2.36. The maximum Gasteiger partial charge on any atom is 0.135 e. The highest BCUT2D eigenvalue weighted by molar-refractivity contribution is 6.30. The molecule has 0 spiro atoms. The van der Waals surface area contributed by atoms with E-state index in [-0.39, 0.29) is 12.1 Å². The van der Waals surface area contributed by atoms with Crippen molar-refractivity contribution in [1.82, 2.24) is 0 Å². The lowest BCUT2D eigenvalue weighted by molar-refractivity contribution is 0.0829. The van der Waals surface area contributed by atoms with E-state index in [0.717, 1.165) is 46.0 Å². The number of para-hydroxylation sites is 1. The molecule has 0 aliphatic carbocycles. The van der Waals surface area contributed by atoms with Crippen molar-refractivity contribution in [3.63, 3.8) is 0 Å². The Morgan fingerprint density at radius 3 is 2.76 bits per heavy atom. The average Bonchev–Trinajstić information content (AvgIpc) is 3.40. The smallest absolute Gasteiger partial charge is 0.135 e. The van der Waals surface area contributed by atoms with Gasteiger partial charge in [-0.1, -0.05) is 41.9 Å². The molecule has 6 rings (SSSR count). The number of rotatable bonds is 2. The summed E-state index contributed by atoms with van der Waals surface area (Å²) < 4.78 is 12.3. The number of furan rings is 1. The van der Waals surface area contributed by atoms with Crippen molar-refractivity contribution in [1.29, 1.82) is 0 Å². The van der Waals surface area contributed by atoms with Crippen LogP contribution in [0.25, 0.3) is 22.3 Å². The molecular formula is C25H20ClNO2. The number of fused-ring (bicyclic) bond motifs is 4. The zero-order valence-electron chi connectivity index (χ0n) is 15.8. The molecule has 3 unspecified atom stereocenters. The molecule has 1 aromatic heterocycles. The first-order valence-corrected chi connectivity index (χ1v) is 10.4. The molecule has 4 aromatic rings. The minimum Gasteiger partial charge on any atom is -0.456 e. The predicted octanol–water partition coefficient (Wildman–Crippen LogP) is 7.00. The van der Waals surface area contributed by atoms with Gasteiger partial charge in [0.05, 0.1) is 12.1 Å². The average molecular weight is 402 g/mol. The van der Waals surface area contributed by atoms with Crippen LogP contribution in [-0.2, 0) is 4.74 Å². The van der Waals surface area contributed by atoms with Gasteiger partial charge in [-0.25, -0.2) is 0 Å². The summed E-state index contributed by atoms with van der Waals surface area (Å²) >= 11 is 6.26. The highest BCUT2D eigenvalue weighted by Crippen LogP contribution is 2.50. The second-order valence-electron chi connectivity index (χ2n) is 7.87. The Labute approximate surface area is 174 Å². The zero-order chi connectivity index (χ0) is 19.4. The van der Waals surface area contributed by atoms with E-state index in [9.17, 15) is 0 Å². The number of nitrogens with one attached hydrogen (secondary N) is 1. The van der Waals surface area contributed by atoms with Crippen molar-refractivity contribution in [2.45, 2.75) is 18.6 Å². The van der Waals surface area contributed by atoms with Crippen LogP contribution in [-0.4, -0.2) is 6.61 Å². The van der Waals surface area contributed by atoms with Crippen LogP contribution in [0.3, 0.4) is 0 Å². The highest BCUT2D eigenvalue weighted by atomic mass is 35.5. The molecule has 0 amide bonds. The summed E-state index contributed by atoms with van der Waals surface area (Å²) in [6.45, 7) is 0.780. The Bertz CT molecular complexity index is 1180. The number of anilines is 1. The van der Waals surface area contributed by atoms with Crippen molar-refractivity contribution in [2.24, 2.45) is 5.92 Å². The molecule has 144 valence electrons. The van der Waals surface area contributed by atoms with Gasteiger partial charge < -0.3 is 14.5 Å². The fraction of sp³-hybridized carbons (Fsp3) is 0.200. The van der Waals surface area contributed by atoms with Crippen LogP contribution < -0.4 is 5.32 Å². The minimum atomic E-state index is 0.0829. The fourth-order valence-electron chi connectivity index (χ4n) is 4.78. The first-order valence-electron chi connectivity index (χ1n) is 10.0. The Morgan fingerprint density at radius 1 is 0.931 bits per heavy atom. The molecule has 2 aliphatic rings. The topological polar surface area (TPSA) is 34.4 Å². The zero-order valence-corrected chi connectivity index (χ0v) is 16.5. The second kappa shape index (κ2) is 6.65. The van der Waals surface area contributed by atoms with Gasteiger partial charge in [0, 0.05) is 39.7 Å². The van der Waals surface area contributed by atoms with Gasteiger partial charge in [-0.05, 0) is 54.4 Å². The first-order chi connectivity index (χ1) is 14.3. The Hall–Kier alpha value is -2.75. The molecule has 2 aliphatic heterocycles. The molecular weight excluding hydrogens is 382 g/mol. The molecule has 3 aromatic carbocycles. The van der Waals surface area contributed by atoms with E-state index >= 15 is 0 Å². The molecule has 1 fully saturated rings. The third-order valence-corrected chi connectivity index (χ3v) is 6.39. The molecule has 1 saturated heterocycles. The second-order valence-corrected chi connectivity index (χ2v) is 8.31. The Morgan fingerprint density at radius 2 is 1.86 bits per heavy atom. The molecule has 3 atom stereocenters. The van der Waals surface area contributed by atoms with Crippen molar-refractivity contribution in [2.75, 3.05) is 11.9 Å². The molecule has 3 nitrogen and oxygen atoms in total. The maximum absolute atomic E-state index is 6.26. The minimum absolute atomic E-state index is 0.0829. The van der Waals surface area contributed by atoms with Crippen molar-refractivity contribution >= 4 is 28.3 Å². The summed E-state index contributed by atoms with van der Waals surface area (Å²) in [6.07, 6.45) is 1.11. The summed E-state index contributed by atoms with van der Waals surface area (Å²) in [5.74, 6) is 1.27. The van der Waals surface area contributed by atoms with Gasteiger partial charge in [0.25, 0.3) is 0 Å². The molecule has 4 heteroatoms. The quantitative estimate of drug-likeness (QED) is 0.392. The van der Waals surface area contributed by atoms with Crippen LogP contribution in [0.4, 0.5) is 5.69 Å². The third kappa shape index (κ3) is 2.85. The SMILES string of the molecule is Clc1cccc(C2Nc3ccc(-c4cc5ccccc5o4)cc3C3OCCC23)c1. The molecule has 29 heavy (non-hydrogen) atoms. The maximum atomic E-state index is 6.26. The molecule has 0 bridgehead atoms. The molecule has 0 radical (unpaired) electrons. The summed E-state index contributed by atoms with van der Waals surface area (Å²) in [4.78, 5) is 0. The van der Waals surface area contributed by atoms with E-state index in [1.54, 1.807) is 0 Å². The van der Waals surface area contributed by atoms with Crippen LogP contribution in [0.2, 0.25) is 5.02 Å².